The molecule has 1 unspecified atom stereocenters. The van der Waals surface area contributed by atoms with E-state index < -0.39 is 0 Å². The fraction of sp³-hybridized carbons (Fsp3) is 0.500. The van der Waals surface area contributed by atoms with Crippen LogP contribution in [0.25, 0.3) is 0 Å². The number of aliphatic hydroxyl groups excluding tert-OH is 1. The number of aryl methyl sites for hydroxylation is 2. The summed E-state index contributed by atoms with van der Waals surface area (Å²) in [6.07, 6.45) is 2.21. The summed E-state index contributed by atoms with van der Waals surface area (Å²) >= 11 is 0. The molecule has 1 aromatic heterocycles. The number of benzene rings is 1. The maximum Gasteiger partial charge on any atom is 0.0644 e. The van der Waals surface area contributed by atoms with Gasteiger partial charge in [0.15, 0.2) is 0 Å². The SMILES string of the molecule is Cc1nn(CCO)c(C)c1CNC(C)CCc1ccccc1. The van der Waals surface area contributed by atoms with Gasteiger partial charge in [0, 0.05) is 23.8 Å². The van der Waals surface area contributed by atoms with Gasteiger partial charge in [-0.1, -0.05) is 30.3 Å². The lowest BCUT2D eigenvalue weighted by molar-refractivity contribution is 0.267. The van der Waals surface area contributed by atoms with E-state index >= 15 is 0 Å². The second-order valence-electron chi connectivity index (χ2n) is 5.90. The molecule has 22 heavy (non-hydrogen) atoms. The van der Waals surface area contributed by atoms with Gasteiger partial charge in [0.2, 0.25) is 0 Å². The molecule has 0 amide bonds. The molecule has 0 bridgehead atoms. The largest absolute Gasteiger partial charge is 0.394 e. The van der Waals surface area contributed by atoms with Gasteiger partial charge in [0.25, 0.3) is 0 Å². The van der Waals surface area contributed by atoms with Crippen LogP contribution in [0, 0.1) is 13.8 Å². The Kier molecular flexibility index (Phi) is 6.16. The van der Waals surface area contributed by atoms with E-state index in [9.17, 15) is 0 Å². The lowest BCUT2D eigenvalue weighted by Crippen LogP contribution is -2.26. The normalized spacial score (nSPS) is 12.5. The van der Waals surface area contributed by atoms with Crippen LogP contribution in [-0.2, 0) is 19.5 Å². The molecular weight excluding hydrogens is 274 g/mol. The summed E-state index contributed by atoms with van der Waals surface area (Å²) in [6.45, 7) is 7.86. The van der Waals surface area contributed by atoms with E-state index in [1.165, 1.54) is 11.1 Å². The maximum absolute atomic E-state index is 9.06. The molecular formula is C18H27N3O. The molecule has 0 aliphatic carbocycles. The average Bonchev–Trinajstić information content (AvgIpc) is 2.79. The molecule has 1 atom stereocenters. The summed E-state index contributed by atoms with van der Waals surface area (Å²) in [7, 11) is 0. The third-order valence-electron chi connectivity index (χ3n) is 4.18. The lowest BCUT2D eigenvalue weighted by atomic mass is 10.1. The molecule has 0 radical (unpaired) electrons. The Morgan fingerprint density at radius 1 is 1.23 bits per heavy atom. The van der Waals surface area contributed by atoms with E-state index in [0.29, 0.717) is 12.6 Å². The molecule has 4 heteroatoms. The minimum Gasteiger partial charge on any atom is -0.394 e. The number of nitrogens with one attached hydrogen (secondary N) is 1. The van der Waals surface area contributed by atoms with Gasteiger partial charge in [-0.2, -0.15) is 5.10 Å². The summed E-state index contributed by atoms with van der Waals surface area (Å²) in [5, 5.41) is 17.1. The summed E-state index contributed by atoms with van der Waals surface area (Å²) in [5.74, 6) is 0. The Labute approximate surface area is 133 Å². The first-order valence-electron chi connectivity index (χ1n) is 8.03. The van der Waals surface area contributed by atoms with Crippen molar-refractivity contribution in [1.82, 2.24) is 15.1 Å². The number of aromatic nitrogens is 2. The van der Waals surface area contributed by atoms with Crippen LogP contribution in [0.15, 0.2) is 30.3 Å². The molecule has 120 valence electrons. The number of nitrogens with zero attached hydrogens (tertiary/aromatic N) is 2. The van der Waals surface area contributed by atoms with Crippen molar-refractivity contribution in [2.75, 3.05) is 6.61 Å². The number of aliphatic hydroxyl groups is 1. The second-order valence-corrected chi connectivity index (χ2v) is 5.90. The number of hydrogen-bond acceptors (Lipinski definition) is 3. The number of hydrogen-bond donors (Lipinski definition) is 2. The van der Waals surface area contributed by atoms with Crippen LogP contribution < -0.4 is 5.32 Å². The van der Waals surface area contributed by atoms with Crippen LogP contribution in [0.4, 0.5) is 0 Å². The van der Waals surface area contributed by atoms with Crippen molar-refractivity contribution in [3.8, 4) is 0 Å². The fourth-order valence-electron chi connectivity index (χ4n) is 2.71. The molecule has 0 aliphatic rings. The van der Waals surface area contributed by atoms with E-state index in [0.717, 1.165) is 30.8 Å². The molecule has 0 spiro atoms. The fourth-order valence-corrected chi connectivity index (χ4v) is 2.71. The standard InChI is InChI=1S/C18H27N3O/c1-14(9-10-17-7-5-4-6-8-17)19-13-18-15(2)20-21(11-12-22)16(18)3/h4-8,14,19,22H,9-13H2,1-3H3. The van der Waals surface area contributed by atoms with Gasteiger partial charge in [-0.05, 0) is 39.2 Å². The highest BCUT2D eigenvalue weighted by molar-refractivity contribution is 5.24. The summed E-state index contributed by atoms with van der Waals surface area (Å²) in [5.41, 5.74) is 4.84. The smallest absolute Gasteiger partial charge is 0.0644 e. The Hall–Kier alpha value is -1.65. The minimum absolute atomic E-state index is 0.127. The predicted molar refractivity (Wildman–Crippen MR) is 89.9 cm³/mol. The van der Waals surface area contributed by atoms with Crippen LogP contribution >= 0.6 is 0 Å². The van der Waals surface area contributed by atoms with Gasteiger partial charge in [0.1, 0.15) is 0 Å². The van der Waals surface area contributed by atoms with Crippen LogP contribution in [0.1, 0.15) is 35.9 Å². The van der Waals surface area contributed by atoms with Crippen molar-refractivity contribution in [3.05, 3.63) is 52.8 Å². The molecule has 2 rings (SSSR count). The molecule has 0 fully saturated rings. The predicted octanol–water partition coefficient (Wildman–Crippen LogP) is 2.60. The van der Waals surface area contributed by atoms with Gasteiger partial charge in [-0.25, -0.2) is 0 Å². The zero-order chi connectivity index (χ0) is 15.9. The molecule has 2 aromatic rings. The highest BCUT2D eigenvalue weighted by Gasteiger charge is 2.12. The zero-order valence-corrected chi connectivity index (χ0v) is 13.8. The number of rotatable bonds is 8. The average molecular weight is 301 g/mol. The van der Waals surface area contributed by atoms with Crippen molar-refractivity contribution in [3.63, 3.8) is 0 Å². The highest BCUT2D eigenvalue weighted by atomic mass is 16.3. The summed E-state index contributed by atoms with van der Waals surface area (Å²) < 4.78 is 1.89. The molecule has 1 heterocycles. The molecule has 0 saturated heterocycles. The van der Waals surface area contributed by atoms with E-state index in [4.69, 9.17) is 5.11 Å². The van der Waals surface area contributed by atoms with Gasteiger partial charge in [0.05, 0.1) is 18.8 Å². The van der Waals surface area contributed by atoms with E-state index in [-0.39, 0.29) is 6.61 Å². The zero-order valence-electron chi connectivity index (χ0n) is 13.8. The summed E-state index contributed by atoms with van der Waals surface area (Å²) in [4.78, 5) is 0. The maximum atomic E-state index is 9.06. The Balaban J connectivity index is 1.84. The van der Waals surface area contributed by atoms with Gasteiger partial charge in [-0.15, -0.1) is 0 Å². The first-order chi connectivity index (χ1) is 10.6. The Morgan fingerprint density at radius 2 is 1.95 bits per heavy atom. The Morgan fingerprint density at radius 3 is 2.64 bits per heavy atom. The quantitative estimate of drug-likeness (QED) is 0.788. The molecule has 0 saturated carbocycles. The first-order valence-corrected chi connectivity index (χ1v) is 8.03. The van der Waals surface area contributed by atoms with E-state index in [1.54, 1.807) is 0 Å². The molecule has 0 aliphatic heterocycles. The summed E-state index contributed by atoms with van der Waals surface area (Å²) in [6, 6.07) is 11.1. The lowest BCUT2D eigenvalue weighted by Gasteiger charge is -2.14. The van der Waals surface area contributed by atoms with Gasteiger partial charge in [-0.3, -0.25) is 4.68 Å². The van der Waals surface area contributed by atoms with Crippen LogP contribution in [0.2, 0.25) is 0 Å². The van der Waals surface area contributed by atoms with Crippen LogP contribution in [0.5, 0.6) is 0 Å². The molecule has 2 N–H and O–H groups in total. The third kappa shape index (κ3) is 4.42. The van der Waals surface area contributed by atoms with Crippen molar-refractivity contribution >= 4 is 0 Å². The van der Waals surface area contributed by atoms with Gasteiger partial charge >= 0.3 is 0 Å². The third-order valence-corrected chi connectivity index (χ3v) is 4.18. The molecule has 4 nitrogen and oxygen atoms in total. The molecule has 1 aromatic carbocycles. The van der Waals surface area contributed by atoms with Crippen molar-refractivity contribution < 1.29 is 5.11 Å². The minimum atomic E-state index is 0.127. The first kappa shape index (κ1) is 16.7. The van der Waals surface area contributed by atoms with Crippen molar-refractivity contribution in [2.24, 2.45) is 0 Å². The second kappa shape index (κ2) is 8.11. The van der Waals surface area contributed by atoms with Crippen molar-refractivity contribution in [2.45, 2.75) is 52.7 Å². The Bertz CT molecular complexity index is 578. The topological polar surface area (TPSA) is 50.1 Å². The van der Waals surface area contributed by atoms with E-state index in [1.807, 2.05) is 11.6 Å². The van der Waals surface area contributed by atoms with Gasteiger partial charge < -0.3 is 10.4 Å². The van der Waals surface area contributed by atoms with Crippen LogP contribution in [0.3, 0.4) is 0 Å². The van der Waals surface area contributed by atoms with E-state index in [2.05, 4.69) is 54.6 Å². The highest BCUT2D eigenvalue weighted by Crippen LogP contribution is 2.13. The monoisotopic (exact) mass is 301 g/mol. The van der Waals surface area contributed by atoms with Crippen LogP contribution in [-0.4, -0.2) is 27.5 Å². The van der Waals surface area contributed by atoms with Crippen molar-refractivity contribution in [1.29, 1.82) is 0 Å².